The lowest BCUT2D eigenvalue weighted by atomic mass is 9.94. The minimum absolute atomic E-state index is 0.0931. The highest BCUT2D eigenvalue weighted by Gasteiger charge is 2.28. The zero-order valence-corrected chi connectivity index (χ0v) is 11.9. The van der Waals surface area contributed by atoms with Crippen LogP contribution in [0.2, 0.25) is 0 Å². The first kappa shape index (κ1) is 13.4. The van der Waals surface area contributed by atoms with Gasteiger partial charge < -0.3 is 5.73 Å². The van der Waals surface area contributed by atoms with E-state index in [1.54, 1.807) is 6.92 Å². The summed E-state index contributed by atoms with van der Waals surface area (Å²) in [6.07, 6.45) is 2.96. The Kier molecular flexibility index (Phi) is 3.38. The van der Waals surface area contributed by atoms with Crippen LogP contribution in [0.3, 0.4) is 0 Å². The van der Waals surface area contributed by atoms with Crippen molar-refractivity contribution in [2.24, 2.45) is 0 Å². The molecule has 1 aromatic carbocycles. The average Bonchev–Trinajstić information content (AvgIpc) is 2.21. The van der Waals surface area contributed by atoms with E-state index in [4.69, 9.17) is 5.73 Å². The molecule has 0 heterocycles. The predicted octanol–water partition coefficient (Wildman–Crippen LogP) is 2.02. The van der Waals surface area contributed by atoms with E-state index in [1.807, 2.05) is 19.9 Å². The first-order chi connectivity index (χ1) is 8.33. The molecule has 3 N–H and O–H groups in total. The average molecular weight is 268 g/mol. The van der Waals surface area contributed by atoms with Crippen molar-refractivity contribution < 1.29 is 8.42 Å². The molecule has 0 spiro atoms. The number of hydrogen-bond donors (Lipinski definition) is 2. The number of aryl methyl sites for hydroxylation is 1. The number of sulfonamides is 1. The van der Waals surface area contributed by atoms with Gasteiger partial charge in [0, 0.05) is 11.7 Å². The van der Waals surface area contributed by atoms with Crippen LogP contribution < -0.4 is 10.5 Å². The fourth-order valence-corrected chi connectivity index (χ4v) is 4.13. The van der Waals surface area contributed by atoms with Crippen LogP contribution in [0.1, 0.15) is 36.0 Å². The molecule has 0 bridgehead atoms. The molecule has 1 saturated carbocycles. The summed E-state index contributed by atoms with van der Waals surface area (Å²) >= 11 is 0. The Labute approximate surface area is 109 Å². The van der Waals surface area contributed by atoms with E-state index >= 15 is 0 Å². The second-order valence-electron chi connectivity index (χ2n) is 5.11. The van der Waals surface area contributed by atoms with Crippen molar-refractivity contribution in [2.45, 2.75) is 51.0 Å². The lowest BCUT2D eigenvalue weighted by molar-refractivity contribution is 0.383. The number of hydrogen-bond acceptors (Lipinski definition) is 3. The Balaban J connectivity index is 2.49. The highest BCUT2D eigenvalue weighted by Crippen LogP contribution is 2.29. The van der Waals surface area contributed by atoms with Gasteiger partial charge >= 0.3 is 0 Å². The highest BCUT2D eigenvalue weighted by molar-refractivity contribution is 7.89. The number of nitrogens with one attached hydrogen (secondary N) is 1. The first-order valence-corrected chi connectivity index (χ1v) is 7.70. The molecule has 0 atom stereocenters. The summed E-state index contributed by atoms with van der Waals surface area (Å²) in [6, 6.07) is 1.92. The number of nitrogens with two attached hydrogens (primary N) is 1. The Morgan fingerprint density at radius 2 is 1.83 bits per heavy atom. The smallest absolute Gasteiger partial charge is 0.241 e. The minimum Gasteiger partial charge on any atom is -0.398 e. The molecule has 0 aliphatic heterocycles. The van der Waals surface area contributed by atoms with Crippen LogP contribution in [0.5, 0.6) is 0 Å². The maximum atomic E-state index is 12.4. The summed E-state index contributed by atoms with van der Waals surface area (Å²) in [5, 5.41) is 0. The molecular formula is C13H20N2O2S. The summed E-state index contributed by atoms with van der Waals surface area (Å²) in [7, 11) is -3.46. The second-order valence-corrected chi connectivity index (χ2v) is 6.76. The van der Waals surface area contributed by atoms with Crippen LogP contribution >= 0.6 is 0 Å². The van der Waals surface area contributed by atoms with Crippen LogP contribution in [-0.4, -0.2) is 14.5 Å². The van der Waals surface area contributed by atoms with Crippen LogP contribution in [-0.2, 0) is 10.0 Å². The number of benzene rings is 1. The van der Waals surface area contributed by atoms with Crippen molar-refractivity contribution in [1.29, 1.82) is 0 Å². The van der Waals surface area contributed by atoms with Gasteiger partial charge in [-0.1, -0.05) is 6.42 Å². The largest absolute Gasteiger partial charge is 0.398 e. The third kappa shape index (κ3) is 2.24. The van der Waals surface area contributed by atoms with Gasteiger partial charge in [-0.2, -0.15) is 0 Å². The van der Waals surface area contributed by atoms with Crippen molar-refractivity contribution >= 4 is 15.7 Å². The van der Waals surface area contributed by atoms with Crippen molar-refractivity contribution in [2.75, 3.05) is 5.73 Å². The third-order valence-electron chi connectivity index (χ3n) is 3.77. The molecule has 1 aliphatic rings. The summed E-state index contributed by atoms with van der Waals surface area (Å²) < 4.78 is 27.6. The molecule has 0 aromatic heterocycles. The van der Waals surface area contributed by atoms with Crippen molar-refractivity contribution in [3.63, 3.8) is 0 Å². The first-order valence-electron chi connectivity index (χ1n) is 6.21. The fraction of sp³-hybridized carbons (Fsp3) is 0.538. The van der Waals surface area contributed by atoms with E-state index in [0.29, 0.717) is 16.1 Å². The Morgan fingerprint density at radius 1 is 1.22 bits per heavy atom. The normalized spacial score (nSPS) is 16.6. The topological polar surface area (TPSA) is 72.2 Å². The summed E-state index contributed by atoms with van der Waals surface area (Å²) in [5.41, 5.74) is 8.74. The Hall–Kier alpha value is -1.07. The van der Waals surface area contributed by atoms with Crippen LogP contribution in [0.15, 0.2) is 11.0 Å². The predicted molar refractivity (Wildman–Crippen MR) is 73.0 cm³/mol. The third-order valence-corrected chi connectivity index (χ3v) is 5.57. The number of anilines is 1. The van der Waals surface area contributed by atoms with Crippen LogP contribution in [0.25, 0.3) is 0 Å². The molecule has 2 rings (SSSR count). The van der Waals surface area contributed by atoms with Gasteiger partial charge in [0.2, 0.25) is 10.0 Å². The van der Waals surface area contributed by atoms with Crippen LogP contribution in [0.4, 0.5) is 5.69 Å². The molecule has 1 aliphatic carbocycles. The molecule has 0 saturated heterocycles. The van der Waals surface area contributed by atoms with Gasteiger partial charge in [0.15, 0.2) is 0 Å². The standard InChI is InChI=1S/C13H20N2O2S/c1-8-7-12(14)10(3)13(9(8)2)18(16,17)15-11-5-4-6-11/h7,11,15H,4-6,14H2,1-3H3. The van der Waals surface area contributed by atoms with Crippen molar-refractivity contribution in [3.8, 4) is 0 Å². The maximum absolute atomic E-state index is 12.4. The van der Waals surface area contributed by atoms with Gasteiger partial charge in [0.25, 0.3) is 0 Å². The molecule has 0 radical (unpaired) electrons. The van der Waals surface area contributed by atoms with Gasteiger partial charge in [-0.3, -0.25) is 0 Å². The molecule has 100 valence electrons. The molecular weight excluding hydrogens is 248 g/mol. The van der Waals surface area contributed by atoms with Crippen molar-refractivity contribution in [1.82, 2.24) is 4.72 Å². The van der Waals surface area contributed by atoms with Gasteiger partial charge in [0.05, 0.1) is 4.90 Å². The molecule has 4 nitrogen and oxygen atoms in total. The SMILES string of the molecule is Cc1cc(N)c(C)c(S(=O)(=O)NC2CCC2)c1C. The lowest BCUT2D eigenvalue weighted by Gasteiger charge is -2.27. The lowest BCUT2D eigenvalue weighted by Crippen LogP contribution is -2.40. The summed E-state index contributed by atoms with van der Waals surface area (Å²) in [5.74, 6) is 0. The summed E-state index contributed by atoms with van der Waals surface area (Å²) in [4.78, 5) is 0.354. The van der Waals surface area contributed by atoms with Crippen molar-refractivity contribution in [3.05, 3.63) is 22.8 Å². The van der Waals surface area contributed by atoms with Crippen LogP contribution in [0, 0.1) is 20.8 Å². The van der Waals surface area contributed by atoms with Gasteiger partial charge in [-0.25, -0.2) is 13.1 Å². The second kappa shape index (κ2) is 4.55. The Bertz CT molecular complexity index is 549. The fourth-order valence-electron chi connectivity index (χ4n) is 2.25. The van der Waals surface area contributed by atoms with E-state index in [-0.39, 0.29) is 6.04 Å². The number of rotatable bonds is 3. The van der Waals surface area contributed by atoms with Gasteiger partial charge in [0.1, 0.15) is 0 Å². The van der Waals surface area contributed by atoms with E-state index in [0.717, 1.165) is 30.4 Å². The monoisotopic (exact) mass is 268 g/mol. The molecule has 5 heteroatoms. The molecule has 1 fully saturated rings. The highest BCUT2D eigenvalue weighted by atomic mass is 32.2. The zero-order valence-electron chi connectivity index (χ0n) is 11.1. The number of nitrogen functional groups attached to an aromatic ring is 1. The van der Waals surface area contributed by atoms with Gasteiger partial charge in [-0.05, 0) is 56.4 Å². The minimum atomic E-state index is -3.46. The summed E-state index contributed by atoms with van der Waals surface area (Å²) in [6.45, 7) is 5.47. The maximum Gasteiger partial charge on any atom is 0.241 e. The molecule has 1 aromatic rings. The van der Waals surface area contributed by atoms with E-state index in [9.17, 15) is 8.42 Å². The Morgan fingerprint density at radius 3 is 2.33 bits per heavy atom. The van der Waals surface area contributed by atoms with E-state index < -0.39 is 10.0 Å². The van der Waals surface area contributed by atoms with E-state index in [2.05, 4.69) is 4.72 Å². The van der Waals surface area contributed by atoms with E-state index in [1.165, 1.54) is 0 Å². The molecule has 0 amide bonds. The molecule has 18 heavy (non-hydrogen) atoms. The zero-order chi connectivity index (χ0) is 13.5. The van der Waals surface area contributed by atoms with Gasteiger partial charge in [-0.15, -0.1) is 0 Å². The quantitative estimate of drug-likeness (QED) is 0.824. The molecule has 0 unspecified atom stereocenters.